The largest absolute Gasteiger partial charge is 0.573 e. The number of amides is 1. The molecule has 0 N–H and O–H groups in total. The average Bonchev–Trinajstić information content (AvgIpc) is 2.77. The molecule has 1 heterocycles. The van der Waals surface area contributed by atoms with Gasteiger partial charge in [-0.15, -0.1) is 13.2 Å². The summed E-state index contributed by atoms with van der Waals surface area (Å²) in [5.41, 5.74) is -3.69. The molecule has 6 nitrogen and oxygen atoms in total. The number of hydrogen-bond donors (Lipinski definition) is 0. The van der Waals surface area contributed by atoms with E-state index in [1.807, 2.05) is 0 Å². The van der Waals surface area contributed by atoms with Crippen molar-refractivity contribution in [1.29, 1.82) is 0 Å². The number of benzene rings is 2. The second-order valence-electron chi connectivity index (χ2n) is 8.38. The van der Waals surface area contributed by atoms with Crippen LogP contribution >= 0.6 is 9.24 Å². The van der Waals surface area contributed by atoms with Gasteiger partial charge in [0.25, 0.3) is 11.6 Å². The summed E-state index contributed by atoms with van der Waals surface area (Å²) < 4.78 is 105. The fraction of sp³-hybridized carbons (Fsp3) is 0.409. The summed E-state index contributed by atoms with van der Waals surface area (Å²) in [6.07, 6.45) is -3.39. The van der Waals surface area contributed by atoms with E-state index in [9.17, 15) is 39.4 Å². The lowest BCUT2D eigenvalue weighted by Gasteiger charge is -2.32. The van der Waals surface area contributed by atoms with E-state index in [0.29, 0.717) is 18.9 Å². The summed E-state index contributed by atoms with van der Waals surface area (Å²) in [6.45, 7) is 0.406. The van der Waals surface area contributed by atoms with E-state index in [0.717, 1.165) is 18.4 Å². The summed E-state index contributed by atoms with van der Waals surface area (Å²) in [5, 5.41) is 0. The Morgan fingerprint density at radius 3 is 2.31 bits per heavy atom. The van der Waals surface area contributed by atoms with Gasteiger partial charge in [-0.3, -0.25) is 9.00 Å². The number of rotatable bonds is 7. The normalized spacial score (nSPS) is 16.6. The molecule has 1 fully saturated rings. The molecule has 1 aliphatic heterocycles. The first-order valence-electron chi connectivity index (χ1n) is 10.6. The van der Waals surface area contributed by atoms with Crippen LogP contribution in [0.15, 0.2) is 52.3 Å². The average molecular weight is 572 g/mol. The molecule has 3 rings (SSSR count). The highest BCUT2D eigenvalue weighted by Crippen LogP contribution is 2.35. The summed E-state index contributed by atoms with van der Waals surface area (Å²) in [7, 11) is -4.17. The molecule has 0 spiro atoms. The molecular weight excluding hydrogens is 548 g/mol. The van der Waals surface area contributed by atoms with Gasteiger partial charge in [-0.1, -0.05) is 21.4 Å². The SMILES string of the molecule is CS(=O)(=O)c1cc(OC(F)(F)F)ccc1C(=O)N1CCC(CS(=O)c2cccc(C(F)(F)P)c2)CC1. The number of carbonyl (C=O) groups excluding carboxylic acids is 1. The van der Waals surface area contributed by atoms with Crippen LogP contribution in [0.25, 0.3) is 0 Å². The Bertz CT molecular complexity index is 1260. The summed E-state index contributed by atoms with van der Waals surface area (Å²) in [6, 6.07) is 7.87. The van der Waals surface area contributed by atoms with Crippen molar-refractivity contribution in [3.63, 3.8) is 0 Å². The molecule has 14 heteroatoms. The second-order valence-corrected chi connectivity index (χ2v) is 12.6. The van der Waals surface area contributed by atoms with Gasteiger partial charge >= 0.3 is 6.36 Å². The van der Waals surface area contributed by atoms with Gasteiger partial charge in [0.2, 0.25) is 0 Å². The minimum Gasteiger partial charge on any atom is -0.406 e. The predicted molar refractivity (Wildman–Crippen MR) is 126 cm³/mol. The van der Waals surface area contributed by atoms with Crippen LogP contribution < -0.4 is 4.74 Å². The predicted octanol–water partition coefficient (Wildman–Crippen LogP) is 4.57. The van der Waals surface area contributed by atoms with Crippen molar-refractivity contribution in [2.75, 3.05) is 25.1 Å². The van der Waals surface area contributed by atoms with Crippen molar-refractivity contribution in [2.24, 2.45) is 5.92 Å². The van der Waals surface area contributed by atoms with E-state index in [1.165, 1.54) is 38.4 Å². The Hall–Kier alpha value is -2.11. The first-order chi connectivity index (χ1) is 16.5. The van der Waals surface area contributed by atoms with Crippen LogP contribution in [-0.2, 0) is 26.3 Å². The molecule has 0 aliphatic carbocycles. The minimum atomic E-state index is -5.03. The maximum atomic E-state index is 13.5. The molecule has 2 unspecified atom stereocenters. The lowest BCUT2D eigenvalue weighted by Crippen LogP contribution is -2.40. The van der Waals surface area contributed by atoms with Crippen LogP contribution in [0.2, 0.25) is 0 Å². The molecule has 36 heavy (non-hydrogen) atoms. The first kappa shape index (κ1) is 28.5. The number of sulfone groups is 1. The van der Waals surface area contributed by atoms with Crippen LogP contribution in [-0.4, -0.2) is 54.9 Å². The van der Waals surface area contributed by atoms with Gasteiger partial charge in [0.05, 0.1) is 21.3 Å². The maximum absolute atomic E-state index is 13.5. The Morgan fingerprint density at radius 1 is 1.11 bits per heavy atom. The number of carbonyl (C=O) groups is 1. The van der Waals surface area contributed by atoms with Crippen LogP contribution in [0.3, 0.4) is 0 Å². The van der Waals surface area contributed by atoms with Crippen molar-refractivity contribution in [1.82, 2.24) is 4.90 Å². The molecule has 1 aliphatic rings. The highest BCUT2D eigenvalue weighted by atomic mass is 32.2. The zero-order valence-corrected chi connectivity index (χ0v) is 21.7. The highest BCUT2D eigenvalue weighted by molar-refractivity contribution is 7.90. The molecule has 0 saturated carbocycles. The van der Waals surface area contributed by atoms with Crippen LogP contribution in [0.4, 0.5) is 22.0 Å². The Kier molecular flexibility index (Phi) is 8.47. The van der Waals surface area contributed by atoms with E-state index < -0.39 is 49.2 Å². The molecule has 0 radical (unpaired) electrons. The fourth-order valence-corrected chi connectivity index (χ4v) is 6.32. The van der Waals surface area contributed by atoms with E-state index in [1.54, 1.807) is 0 Å². The van der Waals surface area contributed by atoms with Crippen LogP contribution in [0.5, 0.6) is 5.75 Å². The maximum Gasteiger partial charge on any atom is 0.573 e. The molecule has 0 bridgehead atoms. The van der Waals surface area contributed by atoms with Crippen LogP contribution in [0.1, 0.15) is 28.8 Å². The quantitative estimate of drug-likeness (QED) is 0.359. The van der Waals surface area contributed by atoms with E-state index in [-0.39, 0.29) is 40.8 Å². The zero-order chi connectivity index (χ0) is 26.9. The molecule has 1 saturated heterocycles. The van der Waals surface area contributed by atoms with Crippen molar-refractivity contribution in [3.8, 4) is 5.75 Å². The molecular formula is C22H23F5NO5PS2. The number of nitrogens with zero attached hydrogens (tertiary/aromatic N) is 1. The Morgan fingerprint density at radius 2 is 1.75 bits per heavy atom. The molecule has 198 valence electrons. The lowest BCUT2D eigenvalue weighted by molar-refractivity contribution is -0.274. The first-order valence-corrected chi connectivity index (χ1v) is 14.4. The summed E-state index contributed by atoms with van der Waals surface area (Å²) >= 11 is 0. The minimum absolute atomic E-state index is 0.0769. The van der Waals surface area contributed by atoms with Gasteiger partial charge in [0.15, 0.2) is 9.84 Å². The topological polar surface area (TPSA) is 80.8 Å². The van der Waals surface area contributed by atoms with Crippen molar-refractivity contribution in [3.05, 3.63) is 53.6 Å². The number of hydrogen-bond acceptors (Lipinski definition) is 5. The molecule has 1 amide bonds. The fourth-order valence-electron chi connectivity index (χ4n) is 3.81. The standard InChI is InChI=1S/C22H23F5NO5PS2/c1-36(31,32)19-12-16(33-22(25,26)27)5-6-18(19)20(29)28-9-7-14(8-10-28)13-35(30)17-4-2-3-15(11-17)21(23,24)34/h2-6,11-12,14H,7-10,13,34H2,1H3. The lowest BCUT2D eigenvalue weighted by atomic mass is 9.98. The smallest absolute Gasteiger partial charge is 0.406 e. The molecule has 0 aromatic heterocycles. The van der Waals surface area contributed by atoms with Gasteiger partial charge < -0.3 is 9.64 Å². The van der Waals surface area contributed by atoms with Gasteiger partial charge in [0.1, 0.15) is 5.75 Å². The van der Waals surface area contributed by atoms with Crippen LogP contribution in [0, 0.1) is 5.92 Å². The number of piperidine rings is 1. The monoisotopic (exact) mass is 571 g/mol. The highest BCUT2D eigenvalue weighted by Gasteiger charge is 2.33. The Balaban J connectivity index is 1.68. The summed E-state index contributed by atoms with van der Waals surface area (Å²) in [4.78, 5) is 14.1. The van der Waals surface area contributed by atoms with Crippen molar-refractivity contribution in [2.45, 2.75) is 34.7 Å². The van der Waals surface area contributed by atoms with Gasteiger partial charge in [-0.2, -0.15) is 8.78 Å². The third-order valence-corrected chi connectivity index (χ3v) is 8.61. The molecule has 2 aromatic carbocycles. The van der Waals surface area contributed by atoms with Gasteiger partial charge in [0, 0.05) is 35.6 Å². The van der Waals surface area contributed by atoms with E-state index >= 15 is 0 Å². The van der Waals surface area contributed by atoms with Crippen molar-refractivity contribution >= 4 is 35.8 Å². The van der Waals surface area contributed by atoms with Gasteiger partial charge in [-0.05, 0) is 49.1 Å². The Labute approximate surface area is 209 Å². The zero-order valence-electron chi connectivity index (χ0n) is 18.9. The van der Waals surface area contributed by atoms with Crippen molar-refractivity contribution < 1.29 is 44.1 Å². The number of alkyl halides is 5. The van der Waals surface area contributed by atoms with Gasteiger partial charge in [-0.25, -0.2) is 8.42 Å². The van der Waals surface area contributed by atoms with E-state index in [4.69, 9.17) is 0 Å². The van der Waals surface area contributed by atoms with E-state index in [2.05, 4.69) is 4.74 Å². The third kappa shape index (κ3) is 7.45. The molecule has 2 aromatic rings. The third-order valence-electron chi connectivity index (χ3n) is 5.59. The second kappa shape index (κ2) is 10.7. The number of likely N-dealkylation sites (tertiary alicyclic amines) is 1. The number of ether oxygens (including phenoxy) is 1. The molecule has 2 atom stereocenters. The summed E-state index contributed by atoms with van der Waals surface area (Å²) in [5.74, 6) is -1.30. The number of halogens is 5.